The lowest BCUT2D eigenvalue weighted by molar-refractivity contribution is 0.0294. The summed E-state index contributed by atoms with van der Waals surface area (Å²) < 4.78 is 1.22. The molecule has 1 amide bonds. The highest BCUT2D eigenvalue weighted by Gasteiger charge is 2.47. The summed E-state index contributed by atoms with van der Waals surface area (Å²) in [7, 11) is 2.16. The van der Waals surface area contributed by atoms with Crippen LogP contribution in [0.15, 0.2) is 23.6 Å². The van der Waals surface area contributed by atoms with Gasteiger partial charge in [0.25, 0.3) is 5.91 Å². The summed E-state index contributed by atoms with van der Waals surface area (Å²) in [4.78, 5) is 17.2. The first-order valence-electron chi connectivity index (χ1n) is 7.52. The molecule has 110 valence electrons. The molecular weight excluding hydrogens is 280 g/mol. The van der Waals surface area contributed by atoms with Crippen LogP contribution in [0.1, 0.15) is 22.3 Å². The van der Waals surface area contributed by atoms with Crippen molar-refractivity contribution in [2.75, 3.05) is 33.2 Å². The second kappa shape index (κ2) is 4.55. The second-order valence-corrected chi connectivity index (χ2v) is 7.71. The van der Waals surface area contributed by atoms with Crippen molar-refractivity contribution in [3.05, 3.63) is 34.7 Å². The summed E-state index contributed by atoms with van der Waals surface area (Å²) in [5, 5.41) is 3.15. The fourth-order valence-electron chi connectivity index (χ4n) is 3.94. The quantitative estimate of drug-likeness (QED) is 0.808. The van der Waals surface area contributed by atoms with Gasteiger partial charge in [-0.1, -0.05) is 12.1 Å². The summed E-state index contributed by atoms with van der Waals surface area (Å²) in [5.74, 6) is 0.219. The molecule has 4 heteroatoms. The third-order valence-corrected chi connectivity index (χ3v) is 5.84. The Morgan fingerprint density at radius 2 is 2.10 bits per heavy atom. The number of amides is 1. The van der Waals surface area contributed by atoms with E-state index in [1.54, 1.807) is 11.3 Å². The molecule has 21 heavy (non-hydrogen) atoms. The van der Waals surface area contributed by atoms with Gasteiger partial charge in [-0.15, -0.1) is 11.3 Å². The predicted molar refractivity (Wildman–Crippen MR) is 87.0 cm³/mol. The fourth-order valence-corrected chi connectivity index (χ4v) is 4.97. The number of thiophene rings is 1. The van der Waals surface area contributed by atoms with Crippen LogP contribution in [-0.4, -0.2) is 48.9 Å². The van der Waals surface area contributed by atoms with E-state index < -0.39 is 0 Å². The summed E-state index contributed by atoms with van der Waals surface area (Å²) >= 11 is 1.68. The topological polar surface area (TPSA) is 23.6 Å². The van der Waals surface area contributed by atoms with Gasteiger partial charge in [0, 0.05) is 47.1 Å². The van der Waals surface area contributed by atoms with E-state index in [-0.39, 0.29) is 5.91 Å². The Morgan fingerprint density at radius 3 is 2.86 bits per heavy atom. The zero-order chi connectivity index (χ0) is 14.6. The highest BCUT2D eigenvalue weighted by Crippen LogP contribution is 2.39. The first-order chi connectivity index (χ1) is 10.1. The zero-order valence-electron chi connectivity index (χ0n) is 12.6. The van der Waals surface area contributed by atoms with Crippen molar-refractivity contribution >= 4 is 27.3 Å². The number of nitrogens with zero attached hydrogens (tertiary/aromatic N) is 2. The Labute approximate surface area is 129 Å². The molecule has 1 aromatic carbocycles. The number of likely N-dealkylation sites (tertiary alicyclic amines) is 2. The summed E-state index contributed by atoms with van der Waals surface area (Å²) in [6, 6.07) is 6.36. The number of aryl methyl sites for hydroxylation is 1. The minimum Gasteiger partial charge on any atom is -0.338 e. The van der Waals surface area contributed by atoms with Crippen molar-refractivity contribution in [2.45, 2.75) is 13.3 Å². The van der Waals surface area contributed by atoms with E-state index in [9.17, 15) is 4.79 Å². The lowest BCUT2D eigenvalue weighted by Gasteiger charge is -2.46. The van der Waals surface area contributed by atoms with Crippen LogP contribution < -0.4 is 0 Å². The average Bonchev–Trinajstić information content (AvgIpc) is 3.01. The summed E-state index contributed by atoms with van der Waals surface area (Å²) in [6.07, 6.45) is 1.16. The molecule has 0 saturated carbocycles. The van der Waals surface area contributed by atoms with Crippen molar-refractivity contribution in [2.24, 2.45) is 5.41 Å². The van der Waals surface area contributed by atoms with E-state index in [0.29, 0.717) is 5.41 Å². The van der Waals surface area contributed by atoms with E-state index >= 15 is 0 Å². The van der Waals surface area contributed by atoms with Crippen LogP contribution in [-0.2, 0) is 0 Å². The first-order valence-corrected chi connectivity index (χ1v) is 8.40. The number of fused-ring (bicyclic) bond motifs is 1. The average molecular weight is 300 g/mol. The number of hydrogen-bond acceptors (Lipinski definition) is 3. The number of carbonyl (C=O) groups is 1. The second-order valence-electron chi connectivity index (χ2n) is 6.80. The van der Waals surface area contributed by atoms with Gasteiger partial charge < -0.3 is 9.80 Å². The van der Waals surface area contributed by atoms with E-state index in [2.05, 4.69) is 42.0 Å². The van der Waals surface area contributed by atoms with Crippen LogP contribution in [0.2, 0.25) is 0 Å². The Hall–Kier alpha value is -1.39. The van der Waals surface area contributed by atoms with E-state index in [1.807, 2.05) is 5.38 Å². The third-order valence-electron chi connectivity index (χ3n) is 4.90. The monoisotopic (exact) mass is 300 g/mol. The molecule has 0 aliphatic carbocycles. The molecule has 3 heterocycles. The lowest BCUT2D eigenvalue weighted by Crippen LogP contribution is -2.55. The van der Waals surface area contributed by atoms with Crippen molar-refractivity contribution < 1.29 is 4.79 Å². The van der Waals surface area contributed by atoms with Crippen molar-refractivity contribution in [1.82, 2.24) is 9.80 Å². The molecule has 0 bridgehead atoms. The molecule has 2 fully saturated rings. The van der Waals surface area contributed by atoms with Crippen molar-refractivity contribution in [3.63, 3.8) is 0 Å². The van der Waals surface area contributed by atoms with E-state index in [4.69, 9.17) is 0 Å². The normalized spacial score (nSPS) is 21.1. The van der Waals surface area contributed by atoms with Crippen LogP contribution >= 0.6 is 11.3 Å². The van der Waals surface area contributed by atoms with Gasteiger partial charge in [-0.2, -0.15) is 0 Å². The fraction of sp³-hybridized carbons (Fsp3) is 0.471. The number of hydrogen-bond donors (Lipinski definition) is 0. The minimum absolute atomic E-state index is 0.219. The van der Waals surface area contributed by atoms with Gasteiger partial charge in [-0.3, -0.25) is 4.79 Å². The molecule has 2 saturated heterocycles. The molecule has 0 N–H and O–H groups in total. The molecule has 0 atom stereocenters. The molecule has 1 spiro atoms. The van der Waals surface area contributed by atoms with E-state index in [1.165, 1.54) is 10.3 Å². The molecule has 2 aliphatic rings. The highest BCUT2D eigenvalue weighted by molar-refractivity contribution is 7.17. The van der Waals surface area contributed by atoms with E-state index in [0.717, 1.165) is 43.5 Å². The molecule has 4 rings (SSSR count). The molecule has 3 nitrogen and oxygen atoms in total. The predicted octanol–water partition coefficient (Wildman–Crippen LogP) is 2.99. The maximum atomic E-state index is 12.8. The Morgan fingerprint density at radius 1 is 1.29 bits per heavy atom. The maximum absolute atomic E-state index is 12.8. The van der Waals surface area contributed by atoms with Gasteiger partial charge in [-0.05, 0) is 32.0 Å². The SMILES string of the molecule is Cc1ccc2c(C(=O)N3CCC4(CN(C)C4)C3)csc2c1. The van der Waals surface area contributed by atoms with Crippen LogP contribution in [0.4, 0.5) is 0 Å². The summed E-state index contributed by atoms with van der Waals surface area (Å²) in [6.45, 7) is 6.22. The maximum Gasteiger partial charge on any atom is 0.255 e. The molecular formula is C17H20N2OS. The standard InChI is InChI=1S/C17H20N2OS/c1-12-3-4-13-14(8-21-15(13)7-12)16(20)19-6-5-17(11-19)9-18(2)10-17/h3-4,7-8H,5-6,9-11H2,1-2H3. The van der Waals surface area contributed by atoms with Gasteiger partial charge in [-0.25, -0.2) is 0 Å². The summed E-state index contributed by atoms with van der Waals surface area (Å²) in [5.41, 5.74) is 2.52. The van der Waals surface area contributed by atoms with Crippen LogP contribution in [0.5, 0.6) is 0 Å². The number of carbonyl (C=O) groups excluding carboxylic acids is 1. The highest BCUT2D eigenvalue weighted by atomic mass is 32.1. The number of rotatable bonds is 1. The largest absolute Gasteiger partial charge is 0.338 e. The van der Waals surface area contributed by atoms with Crippen molar-refractivity contribution in [1.29, 1.82) is 0 Å². The van der Waals surface area contributed by atoms with Crippen LogP contribution in [0.3, 0.4) is 0 Å². The van der Waals surface area contributed by atoms with Crippen molar-refractivity contribution in [3.8, 4) is 0 Å². The molecule has 2 aliphatic heterocycles. The van der Waals surface area contributed by atoms with Crippen LogP contribution in [0, 0.1) is 12.3 Å². The molecule has 1 aromatic heterocycles. The van der Waals surface area contributed by atoms with Crippen LogP contribution in [0.25, 0.3) is 10.1 Å². The smallest absolute Gasteiger partial charge is 0.255 e. The molecule has 0 radical (unpaired) electrons. The van der Waals surface area contributed by atoms with Gasteiger partial charge in [0.2, 0.25) is 0 Å². The Kier molecular flexibility index (Phi) is 2.88. The number of benzene rings is 1. The van der Waals surface area contributed by atoms with Gasteiger partial charge in [0.05, 0.1) is 5.56 Å². The minimum atomic E-state index is 0.219. The van der Waals surface area contributed by atoms with Gasteiger partial charge in [0.15, 0.2) is 0 Å². The molecule has 0 unspecified atom stereocenters. The van der Waals surface area contributed by atoms with Gasteiger partial charge in [0.1, 0.15) is 0 Å². The first kappa shape index (κ1) is 13.3. The molecule has 2 aromatic rings. The van der Waals surface area contributed by atoms with Gasteiger partial charge >= 0.3 is 0 Å². The Balaban J connectivity index is 1.60. The third kappa shape index (κ3) is 2.09. The zero-order valence-corrected chi connectivity index (χ0v) is 13.4. The Bertz CT molecular complexity index is 715. The lowest BCUT2D eigenvalue weighted by atomic mass is 9.79.